The molecule has 1 aliphatic rings. The number of amides is 1. The number of nitrogens with zero attached hydrogens (tertiary/aromatic N) is 1. The van der Waals surface area contributed by atoms with Gasteiger partial charge in [0.25, 0.3) is 0 Å². The fraction of sp³-hybridized carbons (Fsp3) is 0.833. The average Bonchev–Trinajstić information content (AvgIpc) is 2.40. The molecule has 19 heavy (non-hydrogen) atoms. The van der Waals surface area contributed by atoms with Gasteiger partial charge in [-0.1, -0.05) is 12.2 Å². The molecule has 1 heterocycles. The number of piperidine rings is 1. The third-order valence-corrected chi connectivity index (χ3v) is 5.43. The van der Waals surface area contributed by atoms with Crippen molar-refractivity contribution in [3.8, 4) is 0 Å². The van der Waals surface area contributed by atoms with Crippen molar-refractivity contribution in [3.05, 3.63) is 0 Å². The molecular formula is C12H23N3O2S2. The minimum Gasteiger partial charge on any atom is -0.392 e. The summed E-state index contributed by atoms with van der Waals surface area (Å²) in [5.74, 6) is 0.0454. The van der Waals surface area contributed by atoms with Gasteiger partial charge in [-0.3, -0.25) is 9.69 Å². The molecule has 110 valence electrons. The van der Waals surface area contributed by atoms with E-state index >= 15 is 0 Å². The second-order valence-corrected chi connectivity index (χ2v) is 6.31. The Labute approximate surface area is 124 Å². The molecule has 0 saturated carbocycles. The highest BCUT2D eigenvalue weighted by Gasteiger charge is 2.36. The van der Waals surface area contributed by atoms with Crippen LogP contribution < -0.4 is 11.1 Å². The Balaban J connectivity index is 2.33. The summed E-state index contributed by atoms with van der Waals surface area (Å²) in [4.78, 5) is 14.4. The van der Waals surface area contributed by atoms with Crippen LogP contribution in [-0.2, 0) is 9.53 Å². The maximum atomic E-state index is 11.7. The molecule has 7 heteroatoms. The average molecular weight is 305 g/mol. The molecule has 1 rings (SSSR count). The van der Waals surface area contributed by atoms with Crippen LogP contribution in [0.4, 0.5) is 0 Å². The van der Waals surface area contributed by atoms with Crippen LogP contribution in [0, 0.1) is 0 Å². The van der Waals surface area contributed by atoms with E-state index in [0.717, 1.165) is 25.9 Å². The Morgan fingerprint density at radius 1 is 1.53 bits per heavy atom. The van der Waals surface area contributed by atoms with Crippen LogP contribution in [-0.4, -0.2) is 66.7 Å². The van der Waals surface area contributed by atoms with Gasteiger partial charge in [0.15, 0.2) is 0 Å². The number of carbonyl (C=O) groups is 1. The summed E-state index contributed by atoms with van der Waals surface area (Å²) in [6.07, 6.45) is 3.87. The quantitative estimate of drug-likeness (QED) is 0.518. The number of ether oxygens (including phenoxy) is 1. The highest BCUT2D eigenvalue weighted by Crippen LogP contribution is 2.34. The van der Waals surface area contributed by atoms with Crippen LogP contribution >= 0.6 is 24.0 Å². The minimum atomic E-state index is -0.0850. The number of nitrogens with one attached hydrogen (secondary N) is 1. The number of nitrogens with two attached hydrogens (primary N) is 1. The predicted molar refractivity (Wildman–Crippen MR) is 83.6 cm³/mol. The van der Waals surface area contributed by atoms with Gasteiger partial charge in [0.1, 0.15) is 0 Å². The van der Waals surface area contributed by atoms with E-state index in [-0.39, 0.29) is 10.7 Å². The number of thiocarbonyl (C=S) groups is 1. The lowest BCUT2D eigenvalue weighted by Crippen LogP contribution is -2.51. The van der Waals surface area contributed by atoms with Crippen molar-refractivity contribution < 1.29 is 9.53 Å². The van der Waals surface area contributed by atoms with E-state index in [9.17, 15) is 4.79 Å². The maximum Gasteiger partial charge on any atom is 0.234 e. The van der Waals surface area contributed by atoms with Crippen molar-refractivity contribution in [1.82, 2.24) is 10.2 Å². The lowest BCUT2D eigenvalue weighted by molar-refractivity contribution is -0.122. The lowest BCUT2D eigenvalue weighted by Gasteiger charge is -2.39. The largest absolute Gasteiger partial charge is 0.392 e. The highest BCUT2D eigenvalue weighted by atomic mass is 32.2. The van der Waals surface area contributed by atoms with Gasteiger partial charge in [0.05, 0.1) is 22.9 Å². The van der Waals surface area contributed by atoms with Crippen molar-refractivity contribution >= 4 is 34.9 Å². The third-order valence-electron chi connectivity index (χ3n) is 3.50. The summed E-state index contributed by atoms with van der Waals surface area (Å²) in [6, 6.07) is 0. The summed E-state index contributed by atoms with van der Waals surface area (Å²) >= 11 is 6.90. The molecule has 0 radical (unpaired) electrons. The van der Waals surface area contributed by atoms with E-state index in [2.05, 4.69) is 10.2 Å². The number of likely N-dealkylation sites (tertiary alicyclic amines) is 1. The van der Waals surface area contributed by atoms with E-state index in [0.29, 0.717) is 24.7 Å². The number of rotatable bonds is 7. The molecule has 0 aromatic carbocycles. The number of hydrogen-bond donors (Lipinski definition) is 2. The number of methoxy groups -OCH3 is 1. The van der Waals surface area contributed by atoms with Crippen LogP contribution in [0.25, 0.3) is 0 Å². The molecule has 0 spiro atoms. The first kappa shape index (κ1) is 16.7. The second-order valence-electron chi connectivity index (χ2n) is 4.68. The number of carbonyl (C=O) groups excluding carboxylic acids is 1. The highest BCUT2D eigenvalue weighted by molar-refractivity contribution is 8.02. The summed E-state index contributed by atoms with van der Waals surface area (Å²) in [5, 5.41) is 2.83. The Morgan fingerprint density at radius 2 is 2.16 bits per heavy atom. The van der Waals surface area contributed by atoms with Gasteiger partial charge in [-0.15, -0.1) is 0 Å². The number of thioether (sulfide) groups is 1. The predicted octanol–water partition coefficient (Wildman–Crippen LogP) is 0.233. The van der Waals surface area contributed by atoms with Gasteiger partial charge in [-0.2, -0.15) is 11.8 Å². The Kier molecular flexibility index (Phi) is 7.06. The summed E-state index contributed by atoms with van der Waals surface area (Å²) in [6.45, 7) is 3.25. The first-order valence-electron chi connectivity index (χ1n) is 6.37. The number of hydrogen-bond acceptors (Lipinski definition) is 5. The summed E-state index contributed by atoms with van der Waals surface area (Å²) in [5.41, 5.74) is 5.84. The molecule has 0 unspecified atom stereocenters. The van der Waals surface area contributed by atoms with Crippen LogP contribution in [0.1, 0.15) is 12.8 Å². The third kappa shape index (κ3) is 4.91. The molecule has 3 N–H and O–H groups in total. The molecule has 0 aromatic heterocycles. The lowest BCUT2D eigenvalue weighted by atomic mass is 9.95. The SMILES string of the molecule is COCCNC(=O)CN1CCC(SC)(C(N)=S)CC1. The zero-order valence-corrected chi connectivity index (χ0v) is 13.2. The van der Waals surface area contributed by atoms with Gasteiger partial charge in [0.2, 0.25) is 5.91 Å². The molecule has 1 aliphatic heterocycles. The topological polar surface area (TPSA) is 67.6 Å². The standard InChI is InChI=1S/C12H23N3O2S2/c1-17-8-5-14-10(16)9-15-6-3-12(19-2,4-7-15)11(13)18/h3-9H2,1-2H3,(H2,13,18)(H,14,16). The first-order chi connectivity index (χ1) is 9.04. The Bertz CT molecular complexity index is 318. The monoisotopic (exact) mass is 305 g/mol. The molecule has 0 bridgehead atoms. The minimum absolute atomic E-state index is 0.0454. The molecular weight excluding hydrogens is 282 g/mol. The van der Waals surface area contributed by atoms with Crippen molar-refractivity contribution in [3.63, 3.8) is 0 Å². The van der Waals surface area contributed by atoms with Crippen molar-refractivity contribution in [2.45, 2.75) is 17.6 Å². The summed E-state index contributed by atoms with van der Waals surface area (Å²) in [7, 11) is 1.62. The van der Waals surface area contributed by atoms with E-state index in [1.54, 1.807) is 18.9 Å². The van der Waals surface area contributed by atoms with Crippen LogP contribution in [0.2, 0.25) is 0 Å². The first-order valence-corrected chi connectivity index (χ1v) is 8.00. The van der Waals surface area contributed by atoms with Gasteiger partial charge in [0, 0.05) is 26.7 Å². The maximum absolute atomic E-state index is 11.7. The van der Waals surface area contributed by atoms with Crippen molar-refractivity contribution in [2.75, 3.05) is 46.2 Å². The zero-order valence-electron chi connectivity index (χ0n) is 11.6. The van der Waals surface area contributed by atoms with Crippen LogP contribution in [0.5, 0.6) is 0 Å². The van der Waals surface area contributed by atoms with Gasteiger partial charge in [-0.05, 0) is 19.1 Å². The van der Waals surface area contributed by atoms with Gasteiger partial charge in [-0.25, -0.2) is 0 Å². The van der Waals surface area contributed by atoms with Crippen LogP contribution in [0.3, 0.4) is 0 Å². The van der Waals surface area contributed by atoms with Gasteiger partial charge >= 0.3 is 0 Å². The smallest absolute Gasteiger partial charge is 0.234 e. The summed E-state index contributed by atoms with van der Waals surface area (Å²) < 4.78 is 4.81. The Hall–Kier alpha value is -0.370. The van der Waals surface area contributed by atoms with E-state index in [1.165, 1.54) is 0 Å². The molecule has 0 aromatic rings. The normalized spacial score (nSPS) is 19.1. The molecule has 1 amide bonds. The zero-order chi connectivity index (χ0) is 14.3. The van der Waals surface area contributed by atoms with E-state index < -0.39 is 0 Å². The fourth-order valence-electron chi connectivity index (χ4n) is 2.17. The molecule has 1 saturated heterocycles. The van der Waals surface area contributed by atoms with E-state index in [4.69, 9.17) is 22.7 Å². The molecule has 0 aliphatic carbocycles. The Morgan fingerprint density at radius 3 is 2.63 bits per heavy atom. The molecule has 0 atom stereocenters. The van der Waals surface area contributed by atoms with Crippen molar-refractivity contribution in [2.24, 2.45) is 5.73 Å². The molecule has 5 nitrogen and oxygen atoms in total. The molecule has 1 fully saturated rings. The second kappa shape index (κ2) is 8.04. The van der Waals surface area contributed by atoms with Crippen LogP contribution in [0.15, 0.2) is 0 Å². The van der Waals surface area contributed by atoms with Crippen molar-refractivity contribution in [1.29, 1.82) is 0 Å². The fourth-order valence-corrected chi connectivity index (χ4v) is 3.42. The van der Waals surface area contributed by atoms with E-state index in [1.807, 2.05) is 6.26 Å². The van der Waals surface area contributed by atoms with Gasteiger partial charge < -0.3 is 15.8 Å².